The summed E-state index contributed by atoms with van der Waals surface area (Å²) in [5.41, 5.74) is 1.81. The molecular formula is C22H21BrN6O4. The number of amides is 2. The number of carbonyl (C=O) groups excluding carboxylic acids is 2. The standard InChI is InChI=1S/C22H21BrN6O4/c1-13-17(10-24-28(13)2)26-22(31)20-18(11-25-29(20)3)27-21(30)19-9-8-16(33-19)12-32-15-6-4-14(23)5-7-15/h4-11H,12H2,1-3H3,(H,26,31)(H,27,30). The van der Waals surface area contributed by atoms with Gasteiger partial charge in [0.15, 0.2) is 5.76 Å². The normalized spacial score (nSPS) is 10.8. The predicted octanol–water partition coefficient (Wildman–Crippen LogP) is 3.90. The minimum absolute atomic E-state index is 0.0859. The lowest BCUT2D eigenvalue weighted by Crippen LogP contribution is -2.20. The third-order valence-corrected chi connectivity index (χ3v) is 5.49. The van der Waals surface area contributed by atoms with Gasteiger partial charge in [-0.05, 0) is 43.3 Å². The van der Waals surface area contributed by atoms with E-state index in [1.54, 1.807) is 37.1 Å². The van der Waals surface area contributed by atoms with Crippen LogP contribution in [0.15, 0.2) is 57.7 Å². The van der Waals surface area contributed by atoms with Crippen LogP contribution in [0.3, 0.4) is 0 Å². The quantitative estimate of drug-likeness (QED) is 0.387. The number of halogens is 1. The van der Waals surface area contributed by atoms with Gasteiger partial charge in [0.1, 0.15) is 23.8 Å². The first-order chi connectivity index (χ1) is 15.8. The van der Waals surface area contributed by atoms with Crippen LogP contribution >= 0.6 is 15.9 Å². The van der Waals surface area contributed by atoms with Crippen molar-refractivity contribution < 1.29 is 18.7 Å². The molecule has 0 atom stereocenters. The molecule has 3 heterocycles. The van der Waals surface area contributed by atoms with Gasteiger partial charge in [-0.15, -0.1) is 0 Å². The van der Waals surface area contributed by atoms with E-state index in [2.05, 4.69) is 36.8 Å². The van der Waals surface area contributed by atoms with E-state index in [4.69, 9.17) is 9.15 Å². The van der Waals surface area contributed by atoms with Crippen molar-refractivity contribution in [3.63, 3.8) is 0 Å². The Labute approximate surface area is 197 Å². The molecule has 2 amide bonds. The number of hydrogen-bond donors (Lipinski definition) is 2. The predicted molar refractivity (Wildman–Crippen MR) is 124 cm³/mol. The molecule has 11 heteroatoms. The first-order valence-corrected chi connectivity index (χ1v) is 10.7. The zero-order chi connectivity index (χ0) is 23.5. The molecule has 0 aliphatic rings. The zero-order valence-corrected chi connectivity index (χ0v) is 19.7. The molecule has 0 saturated carbocycles. The van der Waals surface area contributed by atoms with Crippen LogP contribution in [-0.4, -0.2) is 31.4 Å². The van der Waals surface area contributed by atoms with Gasteiger partial charge in [-0.3, -0.25) is 19.0 Å². The third-order valence-electron chi connectivity index (χ3n) is 4.97. The second-order valence-electron chi connectivity index (χ2n) is 7.21. The number of benzene rings is 1. The van der Waals surface area contributed by atoms with Crippen LogP contribution in [0, 0.1) is 6.92 Å². The van der Waals surface area contributed by atoms with E-state index >= 15 is 0 Å². The van der Waals surface area contributed by atoms with Gasteiger partial charge in [0, 0.05) is 18.6 Å². The van der Waals surface area contributed by atoms with Crippen LogP contribution in [0.5, 0.6) is 5.75 Å². The van der Waals surface area contributed by atoms with E-state index in [9.17, 15) is 9.59 Å². The molecule has 4 aromatic rings. The number of aryl methyl sites for hydroxylation is 2. The minimum Gasteiger partial charge on any atom is -0.486 e. The monoisotopic (exact) mass is 512 g/mol. The average molecular weight is 513 g/mol. The van der Waals surface area contributed by atoms with Crippen molar-refractivity contribution in [1.29, 1.82) is 0 Å². The van der Waals surface area contributed by atoms with Crippen molar-refractivity contribution in [3.05, 3.63) is 76.2 Å². The summed E-state index contributed by atoms with van der Waals surface area (Å²) in [5.74, 6) is 0.311. The van der Waals surface area contributed by atoms with Crippen molar-refractivity contribution >= 4 is 39.1 Å². The molecule has 33 heavy (non-hydrogen) atoms. The number of rotatable bonds is 7. The summed E-state index contributed by atoms with van der Waals surface area (Å²) in [4.78, 5) is 25.5. The van der Waals surface area contributed by atoms with Gasteiger partial charge >= 0.3 is 0 Å². The third kappa shape index (κ3) is 4.98. The Morgan fingerprint density at radius 1 is 0.970 bits per heavy atom. The number of aromatic nitrogens is 4. The largest absolute Gasteiger partial charge is 0.486 e. The summed E-state index contributed by atoms with van der Waals surface area (Å²) in [6.45, 7) is 2.00. The number of hydrogen-bond acceptors (Lipinski definition) is 6. The van der Waals surface area contributed by atoms with E-state index in [1.807, 2.05) is 31.2 Å². The second-order valence-corrected chi connectivity index (χ2v) is 8.13. The van der Waals surface area contributed by atoms with Gasteiger partial charge in [0.05, 0.1) is 29.5 Å². The number of furan rings is 1. The van der Waals surface area contributed by atoms with Crippen LogP contribution in [0.1, 0.15) is 32.5 Å². The maximum atomic E-state index is 12.8. The van der Waals surface area contributed by atoms with Gasteiger partial charge in [-0.1, -0.05) is 15.9 Å². The van der Waals surface area contributed by atoms with Crippen molar-refractivity contribution in [2.75, 3.05) is 10.6 Å². The van der Waals surface area contributed by atoms with E-state index in [0.717, 1.165) is 10.2 Å². The second kappa shape index (κ2) is 9.33. The number of carbonyl (C=O) groups is 2. The van der Waals surface area contributed by atoms with E-state index in [-0.39, 0.29) is 23.7 Å². The summed E-state index contributed by atoms with van der Waals surface area (Å²) in [6, 6.07) is 10.6. The van der Waals surface area contributed by atoms with E-state index < -0.39 is 11.8 Å². The number of anilines is 2. The Balaban J connectivity index is 1.42. The van der Waals surface area contributed by atoms with Gasteiger partial charge in [0.2, 0.25) is 0 Å². The molecule has 0 aliphatic carbocycles. The minimum atomic E-state index is -0.510. The molecule has 0 unspecified atom stereocenters. The summed E-state index contributed by atoms with van der Waals surface area (Å²) in [7, 11) is 3.40. The van der Waals surface area contributed by atoms with Gasteiger partial charge < -0.3 is 19.8 Å². The topological polar surface area (TPSA) is 116 Å². The van der Waals surface area contributed by atoms with Gasteiger partial charge in [-0.2, -0.15) is 10.2 Å². The first-order valence-electron chi connectivity index (χ1n) is 9.92. The molecule has 2 N–H and O–H groups in total. The highest BCUT2D eigenvalue weighted by molar-refractivity contribution is 9.10. The van der Waals surface area contributed by atoms with E-state index in [0.29, 0.717) is 17.2 Å². The molecule has 3 aromatic heterocycles. The number of ether oxygens (including phenoxy) is 1. The Kier molecular flexibility index (Phi) is 6.31. The lowest BCUT2D eigenvalue weighted by molar-refractivity contribution is 0.0992. The van der Waals surface area contributed by atoms with Crippen LogP contribution in [0.25, 0.3) is 0 Å². The Hall–Kier alpha value is -3.86. The highest BCUT2D eigenvalue weighted by atomic mass is 79.9. The summed E-state index contributed by atoms with van der Waals surface area (Å²) in [5, 5.41) is 13.7. The molecular weight excluding hydrogens is 492 g/mol. The molecule has 10 nitrogen and oxygen atoms in total. The Morgan fingerprint density at radius 2 is 1.64 bits per heavy atom. The first kappa shape index (κ1) is 22.3. The summed E-state index contributed by atoms with van der Waals surface area (Å²) >= 11 is 3.37. The molecule has 0 spiro atoms. The van der Waals surface area contributed by atoms with Crippen LogP contribution in [-0.2, 0) is 20.7 Å². The number of nitrogens with zero attached hydrogens (tertiary/aromatic N) is 4. The highest BCUT2D eigenvalue weighted by Gasteiger charge is 2.22. The molecule has 0 saturated heterocycles. The van der Waals surface area contributed by atoms with Crippen molar-refractivity contribution in [1.82, 2.24) is 19.6 Å². The van der Waals surface area contributed by atoms with Crippen molar-refractivity contribution in [2.24, 2.45) is 14.1 Å². The number of nitrogens with one attached hydrogen (secondary N) is 2. The molecule has 0 aliphatic heterocycles. The smallest absolute Gasteiger partial charge is 0.291 e. The molecule has 0 bridgehead atoms. The van der Waals surface area contributed by atoms with E-state index in [1.165, 1.54) is 10.9 Å². The van der Waals surface area contributed by atoms with Crippen LogP contribution < -0.4 is 15.4 Å². The molecule has 4 rings (SSSR count). The van der Waals surface area contributed by atoms with Crippen LogP contribution in [0.2, 0.25) is 0 Å². The summed E-state index contributed by atoms with van der Waals surface area (Å²) < 4.78 is 15.2. The average Bonchev–Trinajstić information content (AvgIpc) is 3.49. The molecule has 0 fully saturated rings. The SMILES string of the molecule is Cc1c(NC(=O)c2c(NC(=O)c3ccc(COc4ccc(Br)cc4)o3)cnn2C)cnn1C. The lowest BCUT2D eigenvalue weighted by Gasteiger charge is -2.08. The maximum absolute atomic E-state index is 12.8. The highest BCUT2D eigenvalue weighted by Crippen LogP contribution is 2.21. The fourth-order valence-corrected chi connectivity index (χ4v) is 3.31. The lowest BCUT2D eigenvalue weighted by atomic mass is 10.3. The maximum Gasteiger partial charge on any atom is 0.291 e. The molecule has 0 radical (unpaired) electrons. The van der Waals surface area contributed by atoms with Gasteiger partial charge in [0.25, 0.3) is 11.8 Å². The van der Waals surface area contributed by atoms with Crippen molar-refractivity contribution in [3.8, 4) is 5.75 Å². The van der Waals surface area contributed by atoms with Gasteiger partial charge in [-0.25, -0.2) is 0 Å². The Bertz CT molecular complexity index is 1300. The fourth-order valence-electron chi connectivity index (χ4n) is 3.05. The fraction of sp³-hybridized carbons (Fsp3) is 0.182. The molecule has 1 aromatic carbocycles. The summed E-state index contributed by atoms with van der Waals surface area (Å²) in [6.07, 6.45) is 2.96. The van der Waals surface area contributed by atoms with Crippen molar-refractivity contribution in [2.45, 2.75) is 13.5 Å². The Morgan fingerprint density at radius 3 is 2.33 bits per heavy atom. The zero-order valence-electron chi connectivity index (χ0n) is 18.1. The van der Waals surface area contributed by atoms with Crippen LogP contribution in [0.4, 0.5) is 11.4 Å². The molecule has 170 valence electrons.